The van der Waals surface area contributed by atoms with Gasteiger partial charge in [0.05, 0.1) is 0 Å². The second-order valence-electron chi connectivity index (χ2n) is 5.90. The van der Waals surface area contributed by atoms with Crippen LogP contribution in [0.2, 0.25) is 19.6 Å². The Hall–Kier alpha value is -1.66. The van der Waals surface area contributed by atoms with E-state index < -0.39 is 8.07 Å². The predicted octanol–water partition coefficient (Wildman–Crippen LogP) is 3.28. The first kappa shape index (κ1) is 13.8. The van der Waals surface area contributed by atoms with Crippen LogP contribution in [-0.4, -0.2) is 24.9 Å². The predicted molar refractivity (Wildman–Crippen MR) is 83.3 cm³/mol. The second-order valence-corrected chi connectivity index (χ2v) is 10.6. The minimum Gasteiger partial charge on any atom is -0.347 e. The van der Waals surface area contributed by atoms with E-state index in [9.17, 15) is 0 Å². The van der Waals surface area contributed by atoms with Gasteiger partial charge >= 0.3 is 0 Å². The standard InChI is InChI=1S/C16H21N2Si/c1-17-14-18(12-15-8-6-5-7-9-15)13-16(17)10-11-19(2,3)4/h5-9,13-14H,12H2,1-4H3. The molecule has 1 aromatic carbocycles. The number of rotatable bonds is 2. The molecule has 1 radical (unpaired) electrons. The summed E-state index contributed by atoms with van der Waals surface area (Å²) < 4.78 is 0. The number of hydrogen-bond acceptors (Lipinski definition) is 2. The van der Waals surface area contributed by atoms with Gasteiger partial charge in [-0.25, -0.2) is 0 Å². The van der Waals surface area contributed by atoms with Crippen molar-refractivity contribution in [3.63, 3.8) is 0 Å². The Morgan fingerprint density at radius 1 is 1.11 bits per heavy atom. The van der Waals surface area contributed by atoms with Gasteiger partial charge in [0.25, 0.3) is 0 Å². The molecule has 0 saturated carbocycles. The topological polar surface area (TPSA) is 6.48 Å². The Kier molecular flexibility index (Phi) is 4.01. The normalized spacial score (nSPS) is 15.1. The number of benzene rings is 1. The Balaban J connectivity index is 2.06. The molecule has 1 aromatic rings. The lowest BCUT2D eigenvalue weighted by atomic mass is 10.2. The van der Waals surface area contributed by atoms with Crippen LogP contribution in [0.15, 0.2) is 42.2 Å². The zero-order valence-electron chi connectivity index (χ0n) is 12.1. The van der Waals surface area contributed by atoms with Crippen LogP contribution < -0.4 is 0 Å². The van der Waals surface area contributed by atoms with Crippen LogP contribution in [0.4, 0.5) is 0 Å². The summed E-state index contributed by atoms with van der Waals surface area (Å²) >= 11 is 0. The van der Waals surface area contributed by atoms with Gasteiger partial charge in [0.1, 0.15) is 20.4 Å². The smallest absolute Gasteiger partial charge is 0.142 e. The molecule has 0 N–H and O–H groups in total. The van der Waals surface area contributed by atoms with Gasteiger partial charge in [0.2, 0.25) is 0 Å². The van der Waals surface area contributed by atoms with E-state index in [4.69, 9.17) is 0 Å². The Bertz CT molecular complexity index is 517. The molecule has 2 nitrogen and oxygen atoms in total. The van der Waals surface area contributed by atoms with Crippen molar-refractivity contribution in [3.05, 3.63) is 54.5 Å². The molecule has 3 heteroatoms. The van der Waals surface area contributed by atoms with Crippen LogP contribution in [0.5, 0.6) is 0 Å². The number of nitrogens with zero attached hydrogens (tertiary/aromatic N) is 2. The zero-order valence-corrected chi connectivity index (χ0v) is 13.1. The van der Waals surface area contributed by atoms with Crippen molar-refractivity contribution in [1.29, 1.82) is 0 Å². The van der Waals surface area contributed by atoms with Crippen molar-refractivity contribution in [1.82, 2.24) is 9.80 Å². The quantitative estimate of drug-likeness (QED) is 0.600. The third-order valence-electron chi connectivity index (χ3n) is 2.76. The van der Waals surface area contributed by atoms with Crippen LogP contribution in [0, 0.1) is 18.1 Å². The summed E-state index contributed by atoms with van der Waals surface area (Å²) in [4.78, 5) is 4.28. The summed E-state index contributed by atoms with van der Waals surface area (Å²) in [5, 5.41) is 0. The third kappa shape index (κ3) is 4.18. The average molecular weight is 269 g/mol. The van der Waals surface area contributed by atoms with Crippen LogP contribution in [0.25, 0.3) is 0 Å². The fraction of sp³-hybridized carbons (Fsp3) is 0.312. The lowest BCUT2D eigenvalue weighted by molar-refractivity contribution is 0.370. The summed E-state index contributed by atoms with van der Waals surface area (Å²) in [6.07, 6.45) is 2.13. The number of allylic oxidation sites excluding steroid dienone is 1. The molecule has 0 unspecified atom stereocenters. The molecular weight excluding hydrogens is 248 g/mol. The van der Waals surface area contributed by atoms with E-state index >= 15 is 0 Å². The van der Waals surface area contributed by atoms with Crippen molar-refractivity contribution in [3.8, 4) is 11.5 Å². The molecule has 1 heterocycles. The summed E-state index contributed by atoms with van der Waals surface area (Å²) in [6.45, 7) is 9.79. The molecule has 0 spiro atoms. The van der Waals surface area contributed by atoms with E-state index in [1.165, 1.54) is 5.56 Å². The Morgan fingerprint density at radius 2 is 1.79 bits per heavy atom. The molecule has 99 valence electrons. The average Bonchev–Trinajstić information content (AvgIpc) is 2.67. The van der Waals surface area contributed by atoms with Gasteiger partial charge in [-0.3, -0.25) is 0 Å². The maximum Gasteiger partial charge on any atom is 0.142 e. The minimum atomic E-state index is -1.31. The number of hydrogen-bond donors (Lipinski definition) is 0. The molecule has 0 atom stereocenters. The van der Waals surface area contributed by atoms with Crippen LogP contribution in [-0.2, 0) is 6.54 Å². The highest BCUT2D eigenvalue weighted by molar-refractivity contribution is 6.83. The highest BCUT2D eigenvalue weighted by Crippen LogP contribution is 2.19. The Morgan fingerprint density at radius 3 is 2.42 bits per heavy atom. The van der Waals surface area contributed by atoms with Crippen molar-refractivity contribution in [2.75, 3.05) is 7.05 Å². The lowest BCUT2D eigenvalue weighted by Gasteiger charge is -2.17. The molecule has 0 fully saturated rings. The molecule has 2 rings (SSSR count). The third-order valence-corrected chi connectivity index (χ3v) is 3.64. The van der Waals surface area contributed by atoms with E-state index in [2.05, 4.69) is 85.1 Å². The molecule has 1 aliphatic heterocycles. The Labute approximate surface area is 117 Å². The zero-order chi connectivity index (χ0) is 13.9. The molecule has 0 aromatic heterocycles. The van der Waals surface area contributed by atoms with Gasteiger partial charge in [-0.2, -0.15) is 0 Å². The molecule has 0 bridgehead atoms. The van der Waals surface area contributed by atoms with Crippen LogP contribution >= 0.6 is 0 Å². The van der Waals surface area contributed by atoms with Crippen molar-refractivity contribution >= 4 is 8.07 Å². The first-order chi connectivity index (χ1) is 8.94. The fourth-order valence-corrected chi connectivity index (χ4v) is 2.32. The maximum absolute atomic E-state index is 3.41. The van der Waals surface area contributed by atoms with Crippen molar-refractivity contribution < 1.29 is 0 Å². The van der Waals surface area contributed by atoms with Crippen LogP contribution in [0.1, 0.15) is 5.56 Å². The monoisotopic (exact) mass is 269 g/mol. The lowest BCUT2D eigenvalue weighted by Crippen LogP contribution is -2.18. The molecule has 0 amide bonds. The summed E-state index contributed by atoms with van der Waals surface area (Å²) in [7, 11) is 0.740. The van der Waals surface area contributed by atoms with Gasteiger partial charge in [0, 0.05) is 19.8 Å². The maximum atomic E-state index is 3.41. The van der Waals surface area contributed by atoms with Crippen molar-refractivity contribution in [2.45, 2.75) is 26.2 Å². The largest absolute Gasteiger partial charge is 0.347 e. The van der Waals surface area contributed by atoms with E-state index in [-0.39, 0.29) is 0 Å². The first-order valence-electron chi connectivity index (χ1n) is 6.56. The fourth-order valence-electron chi connectivity index (χ4n) is 1.82. The highest BCUT2D eigenvalue weighted by Gasteiger charge is 2.17. The van der Waals surface area contributed by atoms with E-state index in [0.717, 1.165) is 12.2 Å². The van der Waals surface area contributed by atoms with Gasteiger partial charge in [-0.1, -0.05) is 55.9 Å². The van der Waals surface area contributed by atoms with Gasteiger partial charge < -0.3 is 9.80 Å². The van der Waals surface area contributed by atoms with Crippen LogP contribution in [0.3, 0.4) is 0 Å². The van der Waals surface area contributed by atoms with Gasteiger partial charge in [-0.05, 0) is 5.56 Å². The van der Waals surface area contributed by atoms with E-state index in [0.29, 0.717) is 0 Å². The highest BCUT2D eigenvalue weighted by atomic mass is 28.3. The van der Waals surface area contributed by atoms with Crippen molar-refractivity contribution in [2.24, 2.45) is 0 Å². The second kappa shape index (κ2) is 5.54. The van der Waals surface area contributed by atoms with Gasteiger partial charge in [0.15, 0.2) is 0 Å². The SMILES string of the molecule is CN1[CH]N(Cc2ccccc2)C=C1C#C[Si](C)(C)C. The molecule has 0 saturated heterocycles. The summed E-state index contributed by atoms with van der Waals surface area (Å²) in [5.74, 6) is 3.31. The summed E-state index contributed by atoms with van der Waals surface area (Å²) in [5.41, 5.74) is 5.80. The molecule has 0 aliphatic carbocycles. The van der Waals surface area contributed by atoms with E-state index in [1.54, 1.807) is 0 Å². The first-order valence-corrected chi connectivity index (χ1v) is 10.1. The summed E-state index contributed by atoms with van der Waals surface area (Å²) in [6, 6.07) is 10.5. The van der Waals surface area contributed by atoms with E-state index in [1.807, 2.05) is 6.07 Å². The molecule has 19 heavy (non-hydrogen) atoms. The molecular formula is C16H21N2Si. The molecule has 1 aliphatic rings. The minimum absolute atomic E-state index is 0.892. The van der Waals surface area contributed by atoms with Gasteiger partial charge in [-0.15, -0.1) is 5.54 Å².